The zero-order chi connectivity index (χ0) is 15.7. The van der Waals surface area contributed by atoms with Crippen LogP contribution in [0.2, 0.25) is 0 Å². The zero-order valence-electron chi connectivity index (χ0n) is 13.8. The lowest BCUT2D eigenvalue weighted by molar-refractivity contribution is -0.121. The van der Waals surface area contributed by atoms with Gasteiger partial charge in [0.25, 0.3) is 0 Å². The molecule has 0 spiro atoms. The average Bonchev–Trinajstić information content (AvgIpc) is 2.90. The molecule has 1 N–H and O–H groups in total. The van der Waals surface area contributed by atoms with Crippen molar-refractivity contribution in [3.8, 4) is 0 Å². The SMILES string of the molecule is Cc1cc(C)c2c(CC(=O)NC3CCCCC3)coc2c1C. The van der Waals surface area contributed by atoms with Crippen LogP contribution in [0.15, 0.2) is 16.7 Å². The minimum absolute atomic E-state index is 0.118. The van der Waals surface area contributed by atoms with Crippen molar-refractivity contribution in [3.05, 3.63) is 34.6 Å². The first-order chi connectivity index (χ1) is 10.6. The van der Waals surface area contributed by atoms with Crippen LogP contribution in [-0.4, -0.2) is 11.9 Å². The van der Waals surface area contributed by atoms with Gasteiger partial charge >= 0.3 is 0 Å². The number of rotatable bonds is 3. The van der Waals surface area contributed by atoms with Crippen molar-refractivity contribution in [2.75, 3.05) is 0 Å². The van der Waals surface area contributed by atoms with Crippen LogP contribution < -0.4 is 5.32 Å². The average molecular weight is 299 g/mol. The molecule has 3 nitrogen and oxygen atoms in total. The highest BCUT2D eigenvalue weighted by Gasteiger charge is 2.18. The summed E-state index contributed by atoms with van der Waals surface area (Å²) in [5, 5.41) is 4.30. The van der Waals surface area contributed by atoms with Crippen LogP contribution in [0.1, 0.15) is 54.4 Å². The van der Waals surface area contributed by atoms with Crippen molar-refractivity contribution in [1.82, 2.24) is 5.32 Å². The van der Waals surface area contributed by atoms with Crippen LogP contribution in [0, 0.1) is 20.8 Å². The molecule has 1 heterocycles. The maximum atomic E-state index is 12.3. The Kier molecular flexibility index (Phi) is 4.23. The maximum absolute atomic E-state index is 12.3. The fourth-order valence-electron chi connectivity index (χ4n) is 3.61. The van der Waals surface area contributed by atoms with E-state index in [2.05, 4.69) is 32.2 Å². The molecule has 1 aliphatic rings. The molecule has 2 aromatic rings. The van der Waals surface area contributed by atoms with E-state index >= 15 is 0 Å². The molecule has 1 aliphatic carbocycles. The highest BCUT2D eigenvalue weighted by Crippen LogP contribution is 2.30. The normalized spacial score (nSPS) is 16.1. The van der Waals surface area contributed by atoms with Gasteiger partial charge in [0, 0.05) is 17.0 Å². The summed E-state index contributed by atoms with van der Waals surface area (Å²) in [6, 6.07) is 2.54. The van der Waals surface area contributed by atoms with Gasteiger partial charge < -0.3 is 9.73 Å². The third kappa shape index (κ3) is 2.90. The lowest BCUT2D eigenvalue weighted by Crippen LogP contribution is -2.37. The third-order valence-electron chi connectivity index (χ3n) is 4.95. The molecule has 118 valence electrons. The van der Waals surface area contributed by atoms with Crippen molar-refractivity contribution in [1.29, 1.82) is 0 Å². The van der Waals surface area contributed by atoms with E-state index in [0.29, 0.717) is 12.5 Å². The van der Waals surface area contributed by atoms with E-state index in [-0.39, 0.29) is 5.91 Å². The van der Waals surface area contributed by atoms with Gasteiger partial charge in [0.2, 0.25) is 5.91 Å². The summed E-state index contributed by atoms with van der Waals surface area (Å²) in [5.41, 5.74) is 5.52. The van der Waals surface area contributed by atoms with Gasteiger partial charge in [-0.2, -0.15) is 0 Å². The Labute approximate surface area is 132 Å². The van der Waals surface area contributed by atoms with Crippen molar-refractivity contribution in [3.63, 3.8) is 0 Å². The van der Waals surface area contributed by atoms with Crippen LogP contribution in [0.25, 0.3) is 11.0 Å². The standard InChI is InChI=1S/C19H25NO2/c1-12-9-13(2)18-15(11-22-19(18)14(12)3)10-17(21)20-16-7-5-4-6-8-16/h9,11,16H,4-8,10H2,1-3H3,(H,20,21). The summed E-state index contributed by atoms with van der Waals surface area (Å²) in [4.78, 5) is 12.3. The molecule has 0 radical (unpaired) electrons. The summed E-state index contributed by atoms with van der Waals surface area (Å²) >= 11 is 0. The van der Waals surface area contributed by atoms with E-state index in [0.717, 1.165) is 29.4 Å². The number of benzene rings is 1. The predicted molar refractivity (Wildman–Crippen MR) is 89.1 cm³/mol. The number of hydrogen-bond acceptors (Lipinski definition) is 2. The van der Waals surface area contributed by atoms with Crippen molar-refractivity contribution >= 4 is 16.9 Å². The van der Waals surface area contributed by atoms with Gasteiger partial charge in [-0.3, -0.25) is 4.79 Å². The highest BCUT2D eigenvalue weighted by molar-refractivity contribution is 5.91. The zero-order valence-corrected chi connectivity index (χ0v) is 13.8. The molecule has 22 heavy (non-hydrogen) atoms. The molecule has 0 saturated heterocycles. The molecule has 1 saturated carbocycles. The molecule has 3 heteroatoms. The largest absolute Gasteiger partial charge is 0.464 e. The van der Waals surface area contributed by atoms with Gasteiger partial charge in [0.05, 0.1) is 12.7 Å². The van der Waals surface area contributed by atoms with Gasteiger partial charge in [0.1, 0.15) is 5.58 Å². The first-order valence-corrected chi connectivity index (χ1v) is 8.32. The number of amides is 1. The quantitative estimate of drug-likeness (QED) is 0.915. The van der Waals surface area contributed by atoms with Crippen LogP contribution in [0.3, 0.4) is 0 Å². The second-order valence-corrected chi connectivity index (χ2v) is 6.68. The summed E-state index contributed by atoms with van der Waals surface area (Å²) in [7, 11) is 0. The van der Waals surface area contributed by atoms with Crippen LogP contribution in [-0.2, 0) is 11.2 Å². The van der Waals surface area contributed by atoms with Gasteiger partial charge in [-0.1, -0.05) is 25.3 Å². The Morgan fingerprint density at radius 3 is 2.64 bits per heavy atom. The van der Waals surface area contributed by atoms with Crippen LogP contribution in [0.4, 0.5) is 0 Å². The summed E-state index contributed by atoms with van der Waals surface area (Å²) in [5.74, 6) is 0.118. The fraction of sp³-hybridized carbons (Fsp3) is 0.526. The van der Waals surface area contributed by atoms with Gasteiger partial charge in [-0.15, -0.1) is 0 Å². The molecule has 1 fully saturated rings. The number of nitrogens with one attached hydrogen (secondary N) is 1. The molecular formula is C19H25NO2. The van der Waals surface area contributed by atoms with E-state index < -0.39 is 0 Å². The first-order valence-electron chi connectivity index (χ1n) is 8.32. The van der Waals surface area contributed by atoms with E-state index in [9.17, 15) is 4.79 Å². The minimum Gasteiger partial charge on any atom is -0.464 e. The van der Waals surface area contributed by atoms with E-state index in [1.54, 1.807) is 6.26 Å². The van der Waals surface area contributed by atoms with E-state index in [4.69, 9.17) is 4.42 Å². The summed E-state index contributed by atoms with van der Waals surface area (Å²) in [6.07, 6.45) is 8.17. The van der Waals surface area contributed by atoms with Crippen molar-refractivity contribution in [2.45, 2.75) is 65.3 Å². The number of hydrogen-bond donors (Lipinski definition) is 1. The van der Waals surface area contributed by atoms with Crippen molar-refractivity contribution < 1.29 is 9.21 Å². The lowest BCUT2D eigenvalue weighted by atomic mass is 9.95. The number of carbonyl (C=O) groups excluding carboxylic acids is 1. The van der Waals surface area contributed by atoms with Gasteiger partial charge in [0.15, 0.2) is 0 Å². The number of fused-ring (bicyclic) bond motifs is 1. The molecular weight excluding hydrogens is 274 g/mol. The maximum Gasteiger partial charge on any atom is 0.224 e. The molecule has 0 atom stereocenters. The van der Waals surface area contributed by atoms with Gasteiger partial charge in [-0.05, 0) is 50.3 Å². The Bertz CT molecular complexity index is 693. The highest BCUT2D eigenvalue weighted by atomic mass is 16.3. The molecule has 0 aliphatic heterocycles. The van der Waals surface area contributed by atoms with Gasteiger partial charge in [-0.25, -0.2) is 0 Å². The van der Waals surface area contributed by atoms with Crippen LogP contribution >= 0.6 is 0 Å². The summed E-state index contributed by atoms with van der Waals surface area (Å²) < 4.78 is 5.75. The number of carbonyl (C=O) groups is 1. The molecule has 1 aromatic carbocycles. The van der Waals surface area contributed by atoms with E-state index in [1.165, 1.54) is 36.0 Å². The Balaban J connectivity index is 1.79. The molecule has 1 aromatic heterocycles. The molecule has 1 amide bonds. The monoisotopic (exact) mass is 299 g/mol. The smallest absolute Gasteiger partial charge is 0.224 e. The second-order valence-electron chi connectivity index (χ2n) is 6.68. The van der Waals surface area contributed by atoms with E-state index in [1.807, 2.05) is 0 Å². The predicted octanol–water partition coefficient (Wildman–Crippen LogP) is 4.35. The lowest BCUT2D eigenvalue weighted by Gasteiger charge is -2.22. The Morgan fingerprint density at radius 1 is 1.18 bits per heavy atom. The molecule has 0 bridgehead atoms. The van der Waals surface area contributed by atoms with Crippen LogP contribution in [0.5, 0.6) is 0 Å². The molecule has 3 rings (SSSR count). The molecule has 0 unspecified atom stereocenters. The number of aryl methyl sites for hydroxylation is 3. The fourth-order valence-corrected chi connectivity index (χ4v) is 3.61. The topological polar surface area (TPSA) is 42.2 Å². The second kappa shape index (κ2) is 6.15. The minimum atomic E-state index is 0.118. The number of furan rings is 1. The Hall–Kier alpha value is -1.77. The Morgan fingerprint density at radius 2 is 1.91 bits per heavy atom. The van der Waals surface area contributed by atoms with Crippen molar-refractivity contribution in [2.24, 2.45) is 0 Å². The first kappa shape index (κ1) is 15.1. The third-order valence-corrected chi connectivity index (χ3v) is 4.95. The summed E-state index contributed by atoms with van der Waals surface area (Å²) in [6.45, 7) is 6.26.